The van der Waals surface area contributed by atoms with Crippen LogP contribution in [0.3, 0.4) is 0 Å². The average molecular weight is 683 g/mol. The van der Waals surface area contributed by atoms with Crippen LogP contribution in [0.5, 0.6) is 0 Å². The Balaban J connectivity index is 1.81. The zero-order valence-corrected chi connectivity index (χ0v) is 32.1. The molecule has 4 heterocycles. The molecule has 1 atom stereocenters. The van der Waals surface area contributed by atoms with Gasteiger partial charge in [0.05, 0.1) is 24.7 Å². The molecule has 3 aromatic rings. The molecule has 14 heteroatoms. The van der Waals surface area contributed by atoms with Crippen LogP contribution in [-0.4, -0.2) is 96.9 Å². The van der Waals surface area contributed by atoms with Gasteiger partial charge in [-0.2, -0.15) is 10.2 Å². The number of piperidine rings is 1. The van der Waals surface area contributed by atoms with Gasteiger partial charge in [-0.1, -0.05) is 39.3 Å². The maximum Gasteiger partial charge on any atom is 0.410 e. The standard InChI is InChI=1S/C33H54N8O4Si2/c1-33(2,3)45-32(42)39-14-12-13-25(22-39)28-29(34-4)31(41-30(37-28)27(20-36-41)26-19-35-38(5)21-26)40(23-43-15-17-46(6,7)8)24-44-16-18-47(9,10)11/h19-21,25H,12-18,22-24H2,1-3,5-11H3. The fourth-order valence-electron chi connectivity index (χ4n) is 5.38. The molecule has 1 aliphatic heterocycles. The zero-order chi connectivity index (χ0) is 34.6. The fourth-order valence-corrected chi connectivity index (χ4v) is 6.90. The van der Waals surface area contributed by atoms with E-state index in [1.54, 1.807) is 26.5 Å². The highest BCUT2D eigenvalue weighted by molar-refractivity contribution is 6.76. The minimum absolute atomic E-state index is 0.164. The number of likely N-dealkylation sites (tertiary alicyclic amines) is 1. The Morgan fingerprint density at radius 2 is 1.68 bits per heavy atom. The van der Waals surface area contributed by atoms with Gasteiger partial charge < -0.3 is 24.0 Å². The summed E-state index contributed by atoms with van der Waals surface area (Å²) in [6.07, 6.45) is 6.73. The van der Waals surface area contributed by atoms with Crippen molar-refractivity contribution in [1.29, 1.82) is 0 Å². The van der Waals surface area contributed by atoms with Crippen LogP contribution in [0.15, 0.2) is 18.6 Å². The minimum atomic E-state index is -1.31. The lowest BCUT2D eigenvalue weighted by Crippen LogP contribution is -2.42. The summed E-state index contributed by atoms with van der Waals surface area (Å²) in [6, 6.07) is 2.05. The first-order valence-corrected chi connectivity index (χ1v) is 24.0. The normalized spacial score (nSPS) is 16.0. The van der Waals surface area contributed by atoms with Gasteiger partial charge in [-0.3, -0.25) is 4.68 Å². The van der Waals surface area contributed by atoms with E-state index in [1.807, 2.05) is 38.9 Å². The van der Waals surface area contributed by atoms with Gasteiger partial charge in [0.2, 0.25) is 5.69 Å². The van der Waals surface area contributed by atoms with E-state index in [0.717, 1.165) is 36.1 Å². The molecule has 47 heavy (non-hydrogen) atoms. The molecule has 1 fully saturated rings. The first-order chi connectivity index (χ1) is 22.0. The Labute approximate surface area is 282 Å². The predicted octanol–water partition coefficient (Wildman–Crippen LogP) is 7.23. The van der Waals surface area contributed by atoms with E-state index in [0.29, 0.717) is 49.1 Å². The van der Waals surface area contributed by atoms with Gasteiger partial charge in [0.15, 0.2) is 5.65 Å². The van der Waals surface area contributed by atoms with Crippen molar-refractivity contribution in [2.24, 2.45) is 7.05 Å². The number of fused-ring (bicyclic) bond motifs is 1. The van der Waals surface area contributed by atoms with Crippen molar-refractivity contribution < 1.29 is 19.0 Å². The van der Waals surface area contributed by atoms with Crippen LogP contribution in [0, 0.1) is 6.57 Å². The van der Waals surface area contributed by atoms with E-state index in [1.165, 1.54) is 0 Å². The van der Waals surface area contributed by atoms with Crippen molar-refractivity contribution in [3.05, 3.63) is 35.7 Å². The van der Waals surface area contributed by atoms with Crippen molar-refractivity contribution in [2.45, 2.75) is 96.5 Å². The lowest BCUT2D eigenvalue weighted by molar-refractivity contribution is 0.0197. The van der Waals surface area contributed by atoms with Crippen LogP contribution >= 0.6 is 0 Å². The van der Waals surface area contributed by atoms with Crippen LogP contribution in [0.1, 0.15) is 45.2 Å². The molecule has 0 saturated carbocycles. The van der Waals surface area contributed by atoms with Gasteiger partial charge in [0.25, 0.3) is 0 Å². The maximum absolute atomic E-state index is 13.1. The van der Waals surface area contributed by atoms with Crippen LogP contribution in [0.2, 0.25) is 51.4 Å². The molecule has 258 valence electrons. The van der Waals surface area contributed by atoms with Crippen molar-refractivity contribution in [3.63, 3.8) is 0 Å². The third kappa shape index (κ3) is 10.1. The topological polar surface area (TPSA) is 104 Å². The molecular formula is C33H54N8O4Si2. The van der Waals surface area contributed by atoms with E-state index in [4.69, 9.17) is 30.9 Å². The number of carbonyl (C=O) groups is 1. The summed E-state index contributed by atoms with van der Waals surface area (Å²) in [5.41, 5.74) is 2.77. The molecule has 1 aliphatic rings. The van der Waals surface area contributed by atoms with Gasteiger partial charge in [-0.05, 0) is 45.7 Å². The Morgan fingerprint density at radius 3 is 2.21 bits per heavy atom. The zero-order valence-electron chi connectivity index (χ0n) is 30.1. The van der Waals surface area contributed by atoms with Gasteiger partial charge in [-0.15, -0.1) is 0 Å². The summed E-state index contributed by atoms with van der Waals surface area (Å²) in [6.45, 7) is 30.8. The molecule has 4 rings (SSSR count). The van der Waals surface area contributed by atoms with Crippen molar-refractivity contribution in [3.8, 4) is 11.1 Å². The van der Waals surface area contributed by atoms with Gasteiger partial charge in [0.1, 0.15) is 24.9 Å². The largest absolute Gasteiger partial charge is 0.444 e. The quantitative estimate of drug-likeness (QED) is 0.0806. The molecular weight excluding hydrogens is 629 g/mol. The second kappa shape index (κ2) is 14.9. The number of amides is 1. The first-order valence-electron chi connectivity index (χ1n) is 16.6. The molecule has 0 bridgehead atoms. The summed E-state index contributed by atoms with van der Waals surface area (Å²) < 4.78 is 21.8. The Hall–Kier alpha value is -3.26. The van der Waals surface area contributed by atoms with E-state index in [9.17, 15) is 4.79 Å². The molecule has 0 radical (unpaired) electrons. The van der Waals surface area contributed by atoms with Crippen LogP contribution in [0.4, 0.5) is 16.3 Å². The van der Waals surface area contributed by atoms with Crippen LogP contribution in [0.25, 0.3) is 21.6 Å². The Bertz CT molecular complexity index is 1540. The van der Waals surface area contributed by atoms with E-state index in [2.05, 4.69) is 49.2 Å². The van der Waals surface area contributed by atoms with Gasteiger partial charge in [0, 0.05) is 72.7 Å². The van der Waals surface area contributed by atoms with Gasteiger partial charge >= 0.3 is 6.09 Å². The molecule has 1 saturated heterocycles. The van der Waals surface area contributed by atoms with E-state index in [-0.39, 0.29) is 25.5 Å². The molecule has 1 amide bonds. The van der Waals surface area contributed by atoms with Crippen LogP contribution in [-0.2, 0) is 21.3 Å². The number of nitrogens with zero attached hydrogens (tertiary/aromatic N) is 8. The third-order valence-electron chi connectivity index (χ3n) is 8.00. The number of hydrogen-bond donors (Lipinski definition) is 0. The highest BCUT2D eigenvalue weighted by Gasteiger charge is 2.33. The number of rotatable bonds is 13. The number of ether oxygens (including phenoxy) is 3. The number of anilines is 1. The molecule has 12 nitrogen and oxygen atoms in total. The summed E-state index contributed by atoms with van der Waals surface area (Å²) in [5.74, 6) is 0.425. The van der Waals surface area contributed by atoms with Crippen molar-refractivity contribution in [1.82, 2.24) is 29.3 Å². The molecule has 0 aliphatic carbocycles. The first kappa shape index (κ1) is 36.6. The third-order valence-corrected chi connectivity index (χ3v) is 11.4. The lowest BCUT2D eigenvalue weighted by atomic mass is 9.93. The molecule has 3 aromatic heterocycles. The average Bonchev–Trinajstić information content (AvgIpc) is 3.59. The molecule has 0 spiro atoms. The van der Waals surface area contributed by atoms with Crippen molar-refractivity contribution >= 4 is 39.4 Å². The Morgan fingerprint density at radius 1 is 1.04 bits per heavy atom. The molecule has 0 N–H and O–H groups in total. The smallest absolute Gasteiger partial charge is 0.410 e. The minimum Gasteiger partial charge on any atom is -0.444 e. The summed E-state index contributed by atoms with van der Waals surface area (Å²) in [7, 11) is -0.751. The predicted molar refractivity (Wildman–Crippen MR) is 192 cm³/mol. The highest BCUT2D eigenvalue weighted by atomic mass is 28.3. The second-order valence-electron chi connectivity index (χ2n) is 16.0. The summed E-state index contributed by atoms with van der Waals surface area (Å²) in [4.78, 5) is 26.1. The maximum atomic E-state index is 13.1. The number of aromatic nitrogens is 5. The van der Waals surface area contributed by atoms with Gasteiger partial charge in [-0.25, -0.2) is 19.1 Å². The van der Waals surface area contributed by atoms with Crippen LogP contribution < -0.4 is 4.90 Å². The Kier molecular flexibility index (Phi) is 11.6. The van der Waals surface area contributed by atoms with E-state index < -0.39 is 21.7 Å². The number of hydrogen-bond acceptors (Lipinski definition) is 8. The molecule has 0 aromatic carbocycles. The lowest BCUT2D eigenvalue weighted by Gasteiger charge is -2.35. The van der Waals surface area contributed by atoms with Crippen molar-refractivity contribution in [2.75, 3.05) is 44.7 Å². The summed E-state index contributed by atoms with van der Waals surface area (Å²) in [5, 5.41) is 9.17. The SMILES string of the molecule is [C-]#[N+]c1c(C2CCCN(C(=O)OC(C)(C)C)C2)nc2c(-c3cnn(C)c3)cnn2c1N(COCC[Si](C)(C)C)COCC[Si](C)(C)C. The molecule has 1 unspecified atom stereocenters. The fraction of sp³-hybridized carbons (Fsp3) is 0.667. The summed E-state index contributed by atoms with van der Waals surface area (Å²) >= 11 is 0. The number of carbonyl (C=O) groups excluding carboxylic acids is 1. The highest BCUT2D eigenvalue weighted by Crippen LogP contribution is 2.41. The van der Waals surface area contributed by atoms with E-state index >= 15 is 0 Å². The monoisotopic (exact) mass is 682 g/mol. The number of aryl methyl sites for hydroxylation is 1. The second-order valence-corrected chi connectivity index (χ2v) is 27.2.